The first-order chi connectivity index (χ1) is 8.00. The Morgan fingerprint density at radius 1 is 1.00 bits per heavy atom. The third kappa shape index (κ3) is 5.36. The van der Waals surface area contributed by atoms with Crippen LogP contribution in [0.2, 0.25) is 0 Å². The summed E-state index contributed by atoms with van der Waals surface area (Å²) in [4.78, 5) is 0. The molecule has 1 fully saturated rings. The molecule has 1 aliphatic carbocycles. The van der Waals surface area contributed by atoms with Crippen molar-refractivity contribution in [2.45, 2.75) is 77.0 Å². The molecule has 0 amide bonds. The molecule has 1 rings (SSSR count). The van der Waals surface area contributed by atoms with Crippen LogP contribution in [0.5, 0.6) is 0 Å². The highest BCUT2D eigenvalue weighted by molar-refractivity contribution is 4.81. The molecule has 4 N–H and O–H groups in total. The highest BCUT2D eigenvalue weighted by Gasteiger charge is 2.26. The standard InChI is InChI=1S/C14H29NO2/c1-10(2)8-13(16)14(17)9-12(15)11-6-4-3-5-7-11/h10-14,16-17H,3-9,15H2,1-2H3. The Balaban J connectivity index is 2.30. The fraction of sp³-hybridized carbons (Fsp3) is 1.00. The van der Waals surface area contributed by atoms with Crippen molar-refractivity contribution in [2.75, 3.05) is 0 Å². The summed E-state index contributed by atoms with van der Waals surface area (Å²) in [6, 6.07) is 0.0483. The molecule has 0 aromatic rings. The molecular weight excluding hydrogens is 214 g/mol. The summed E-state index contributed by atoms with van der Waals surface area (Å²) in [5.41, 5.74) is 6.15. The molecule has 0 aliphatic heterocycles. The van der Waals surface area contributed by atoms with Crippen LogP contribution in [0.1, 0.15) is 58.8 Å². The lowest BCUT2D eigenvalue weighted by Crippen LogP contribution is -2.39. The Labute approximate surface area is 105 Å². The molecule has 3 nitrogen and oxygen atoms in total. The van der Waals surface area contributed by atoms with Crippen molar-refractivity contribution in [3.63, 3.8) is 0 Å². The van der Waals surface area contributed by atoms with Crippen LogP contribution >= 0.6 is 0 Å². The van der Waals surface area contributed by atoms with E-state index in [0.29, 0.717) is 24.7 Å². The minimum absolute atomic E-state index is 0.0483. The van der Waals surface area contributed by atoms with Gasteiger partial charge in [0.2, 0.25) is 0 Å². The van der Waals surface area contributed by atoms with Gasteiger partial charge in [-0.1, -0.05) is 33.1 Å². The zero-order valence-corrected chi connectivity index (χ0v) is 11.3. The van der Waals surface area contributed by atoms with Crippen LogP contribution in [0, 0.1) is 11.8 Å². The fourth-order valence-corrected chi connectivity index (χ4v) is 2.83. The van der Waals surface area contributed by atoms with Gasteiger partial charge in [0.1, 0.15) is 0 Å². The molecule has 1 aliphatic rings. The first-order valence-electron chi connectivity index (χ1n) is 7.12. The average molecular weight is 243 g/mol. The molecule has 3 unspecified atom stereocenters. The maximum absolute atomic E-state index is 9.94. The van der Waals surface area contributed by atoms with Crippen molar-refractivity contribution in [3.8, 4) is 0 Å². The van der Waals surface area contributed by atoms with Crippen LogP contribution in [-0.4, -0.2) is 28.5 Å². The van der Waals surface area contributed by atoms with Gasteiger partial charge in [-0.2, -0.15) is 0 Å². The third-order valence-corrected chi connectivity index (χ3v) is 3.93. The summed E-state index contributed by atoms with van der Waals surface area (Å²) < 4.78 is 0. The van der Waals surface area contributed by atoms with Crippen LogP contribution in [0.3, 0.4) is 0 Å². The van der Waals surface area contributed by atoms with E-state index >= 15 is 0 Å². The molecule has 0 heterocycles. The summed E-state index contributed by atoms with van der Waals surface area (Å²) in [7, 11) is 0. The van der Waals surface area contributed by atoms with Crippen molar-refractivity contribution < 1.29 is 10.2 Å². The van der Waals surface area contributed by atoms with Gasteiger partial charge in [0.15, 0.2) is 0 Å². The summed E-state index contributed by atoms with van der Waals surface area (Å²) in [5, 5.41) is 19.8. The number of hydrogen-bond donors (Lipinski definition) is 3. The molecule has 0 aromatic carbocycles. The van der Waals surface area contributed by atoms with Gasteiger partial charge in [-0.3, -0.25) is 0 Å². The molecule has 0 spiro atoms. The molecule has 3 atom stereocenters. The van der Waals surface area contributed by atoms with Crippen molar-refractivity contribution in [1.29, 1.82) is 0 Å². The van der Waals surface area contributed by atoms with E-state index in [1.807, 2.05) is 0 Å². The Bertz CT molecular complexity index is 202. The van der Waals surface area contributed by atoms with Crippen molar-refractivity contribution in [1.82, 2.24) is 0 Å². The van der Waals surface area contributed by atoms with Gasteiger partial charge in [-0.05, 0) is 37.5 Å². The van der Waals surface area contributed by atoms with Gasteiger partial charge in [0, 0.05) is 6.04 Å². The predicted octanol–water partition coefficient (Wildman–Crippen LogP) is 2.05. The highest BCUT2D eigenvalue weighted by Crippen LogP contribution is 2.27. The molecule has 0 saturated heterocycles. The highest BCUT2D eigenvalue weighted by atomic mass is 16.3. The van der Waals surface area contributed by atoms with Crippen LogP contribution in [-0.2, 0) is 0 Å². The second-order valence-electron chi connectivity index (χ2n) is 6.06. The van der Waals surface area contributed by atoms with Gasteiger partial charge in [0.25, 0.3) is 0 Å². The molecule has 0 radical (unpaired) electrons. The van der Waals surface area contributed by atoms with Crippen molar-refractivity contribution in [2.24, 2.45) is 17.6 Å². The zero-order valence-electron chi connectivity index (χ0n) is 11.3. The van der Waals surface area contributed by atoms with E-state index in [1.165, 1.54) is 32.1 Å². The monoisotopic (exact) mass is 243 g/mol. The van der Waals surface area contributed by atoms with Gasteiger partial charge in [0.05, 0.1) is 12.2 Å². The number of aliphatic hydroxyl groups excluding tert-OH is 2. The first-order valence-corrected chi connectivity index (χ1v) is 7.12. The topological polar surface area (TPSA) is 66.5 Å². The van der Waals surface area contributed by atoms with Crippen molar-refractivity contribution in [3.05, 3.63) is 0 Å². The lowest BCUT2D eigenvalue weighted by molar-refractivity contribution is -0.00446. The summed E-state index contributed by atoms with van der Waals surface area (Å²) in [5.74, 6) is 0.954. The average Bonchev–Trinajstić information content (AvgIpc) is 2.29. The Kier molecular flexibility index (Phi) is 6.45. The maximum atomic E-state index is 9.94. The zero-order chi connectivity index (χ0) is 12.8. The molecular formula is C14H29NO2. The quantitative estimate of drug-likeness (QED) is 0.669. The van der Waals surface area contributed by atoms with Gasteiger partial charge in [-0.15, -0.1) is 0 Å². The van der Waals surface area contributed by atoms with Gasteiger partial charge < -0.3 is 15.9 Å². The fourth-order valence-electron chi connectivity index (χ4n) is 2.83. The molecule has 102 valence electrons. The van der Waals surface area contributed by atoms with Crippen LogP contribution in [0.4, 0.5) is 0 Å². The second kappa shape index (κ2) is 7.34. The van der Waals surface area contributed by atoms with E-state index in [4.69, 9.17) is 5.73 Å². The van der Waals surface area contributed by atoms with E-state index in [-0.39, 0.29) is 6.04 Å². The van der Waals surface area contributed by atoms with E-state index in [9.17, 15) is 10.2 Å². The molecule has 1 saturated carbocycles. The second-order valence-corrected chi connectivity index (χ2v) is 6.06. The number of aliphatic hydroxyl groups is 2. The SMILES string of the molecule is CC(C)CC(O)C(O)CC(N)C1CCCCC1. The minimum Gasteiger partial charge on any atom is -0.390 e. The third-order valence-electron chi connectivity index (χ3n) is 3.93. The van der Waals surface area contributed by atoms with Crippen LogP contribution < -0.4 is 5.73 Å². The molecule has 0 aromatic heterocycles. The number of nitrogens with two attached hydrogens (primary N) is 1. The van der Waals surface area contributed by atoms with Crippen molar-refractivity contribution >= 4 is 0 Å². The van der Waals surface area contributed by atoms with Crippen LogP contribution in [0.15, 0.2) is 0 Å². The Hall–Kier alpha value is -0.120. The summed E-state index contributed by atoms with van der Waals surface area (Å²) in [6.45, 7) is 4.11. The van der Waals surface area contributed by atoms with Gasteiger partial charge in [-0.25, -0.2) is 0 Å². The molecule has 3 heteroatoms. The summed E-state index contributed by atoms with van der Waals surface area (Å²) >= 11 is 0. The normalized spacial score (nSPS) is 23.6. The van der Waals surface area contributed by atoms with Crippen LogP contribution in [0.25, 0.3) is 0 Å². The minimum atomic E-state index is -0.658. The van der Waals surface area contributed by atoms with E-state index in [1.54, 1.807) is 0 Å². The maximum Gasteiger partial charge on any atom is 0.0814 e. The molecule has 17 heavy (non-hydrogen) atoms. The van der Waals surface area contributed by atoms with E-state index in [2.05, 4.69) is 13.8 Å². The van der Waals surface area contributed by atoms with Gasteiger partial charge >= 0.3 is 0 Å². The predicted molar refractivity (Wildman–Crippen MR) is 70.6 cm³/mol. The van der Waals surface area contributed by atoms with E-state index in [0.717, 1.165) is 0 Å². The first kappa shape index (κ1) is 14.9. The number of rotatable bonds is 6. The smallest absolute Gasteiger partial charge is 0.0814 e. The Morgan fingerprint density at radius 2 is 1.53 bits per heavy atom. The molecule has 0 bridgehead atoms. The lowest BCUT2D eigenvalue weighted by atomic mass is 9.81. The summed E-state index contributed by atoms with van der Waals surface area (Å²) in [6.07, 6.45) is 6.15. The lowest BCUT2D eigenvalue weighted by Gasteiger charge is -2.30. The Morgan fingerprint density at radius 3 is 2.06 bits per heavy atom. The number of hydrogen-bond acceptors (Lipinski definition) is 3. The van der Waals surface area contributed by atoms with E-state index < -0.39 is 12.2 Å². The largest absolute Gasteiger partial charge is 0.390 e.